The van der Waals surface area contributed by atoms with Crippen molar-refractivity contribution in [3.05, 3.63) is 60.2 Å². The Morgan fingerprint density at radius 1 is 1.00 bits per heavy atom. The van der Waals surface area contributed by atoms with Gasteiger partial charge in [-0.05, 0) is 35.7 Å². The van der Waals surface area contributed by atoms with Gasteiger partial charge in [0.1, 0.15) is 24.7 Å². The molecule has 2 amide bonds. The number of methoxy groups -OCH3 is 1. The molecule has 1 heterocycles. The first-order chi connectivity index (χ1) is 19.0. The third-order valence-electron chi connectivity index (χ3n) is 6.12. The fourth-order valence-corrected chi connectivity index (χ4v) is 5.72. The van der Waals surface area contributed by atoms with Gasteiger partial charge >= 0.3 is 5.91 Å². The largest absolute Gasteiger partial charge is 0.530 e. The lowest BCUT2D eigenvalue weighted by atomic mass is 9.96. The summed E-state index contributed by atoms with van der Waals surface area (Å²) in [6, 6.07) is 10.7. The van der Waals surface area contributed by atoms with Gasteiger partial charge in [0, 0.05) is 13.0 Å². The summed E-state index contributed by atoms with van der Waals surface area (Å²) in [5.41, 5.74) is 0.495. The highest BCUT2D eigenvalue weighted by Gasteiger charge is 2.42. The van der Waals surface area contributed by atoms with E-state index in [1.807, 2.05) is 0 Å². The van der Waals surface area contributed by atoms with Crippen molar-refractivity contribution >= 4 is 33.6 Å². The Balaban J connectivity index is 2.00. The van der Waals surface area contributed by atoms with Crippen molar-refractivity contribution in [3.63, 3.8) is 0 Å². The number of hydrogen-bond donors (Lipinski definition) is 0. The first-order valence-corrected chi connectivity index (χ1v) is 13.9. The molecule has 0 unspecified atom stereocenters. The van der Waals surface area contributed by atoms with E-state index >= 15 is 0 Å². The number of sulfonamides is 1. The zero-order valence-electron chi connectivity index (χ0n) is 22.3. The van der Waals surface area contributed by atoms with Crippen LogP contribution in [0.15, 0.2) is 59.5 Å². The number of benzene rings is 2. The highest BCUT2D eigenvalue weighted by atomic mass is 32.2. The van der Waals surface area contributed by atoms with Crippen LogP contribution in [0.25, 0.3) is 0 Å². The first-order valence-electron chi connectivity index (χ1n) is 12.4. The molecule has 0 aliphatic carbocycles. The van der Waals surface area contributed by atoms with Crippen molar-refractivity contribution in [2.24, 2.45) is 5.92 Å². The minimum absolute atomic E-state index is 0.0838. The second-order valence-electron chi connectivity index (χ2n) is 9.50. The molecule has 1 atom stereocenters. The molecular weight excluding hydrogens is 544 g/mol. The van der Waals surface area contributed by atoms with Crippen LogP contribution in [0.2, 0.25) is 0 Å². The van der Waals surface area contributed by atoms with E-state index in [9.17, 15) is 32.7 Å². The van der Waals surface area contributed by atoms with E-state index in [1.54, 1.807) is 44.2 Å². The van der Waals surface area contributed by atoms with Gasteiger partial charge in [-0.2, -0.15) is 0 Å². The summed E-state index contributed by atoms with van der Waals surface area (Å²) in [7, 11) is -3.17. The maximum atomic E-state index is 13.6. The summed E-state index contributed by atoms with van der Waals surface area (Å²) in [5.74, 6) is -4.71. The number of nitrogens with zero attached hydrogens (tertiary/aromatic N) is 2. The summed E-state index contributed by atoms with van der Waals surface area (Å²) in [4.78, 5) is 52.9. The fraction of sp³-hybridized carbons (Fsp3) is 0.407. The van der Waals surface area contributed by atoms with E-state index in [4.69, 9.17) is 14.2 Å². The molecule has 13 heteroatoms. The molecular formula is C27H31N2O10S-. The van der Waals surface area contributed by atoms with Gasteiger partial charge in [-0.15, -0.1) is 0 Å². The number of carbonyl (C=O) groups excluding carboxylic acids is 4. The summed E-state index contributed by atoms with van der Waals surface area (Å²) in [5, 5.41) is 12.2. The monoisotopic (exact) mass is 575 g/mol. The van der Waals surface area contributed by atoms with E-state index in [2.05, 4.69) is 0 Å². The summed E-state index contributed by atoms with van der Waals surface area (Å²) in [6.07, 6.45) is -2.06. The third-order valence-corrected chi connectivity index (χ3v) is 7.89. The SMILES string of the molecule is COc1ccc(S(=O)(=O)N(CC(C)C)C(=O)C(=O)C(=O)[C@@H](Cc2ccccc2)N(C(=O)[O-])C2COCOC2)cc1. The van der Waals surface area contributed by atoms with Crippen molar-refractivity contribution in [1.29, 1.82) is 0 Å². The lowest BCUT2D eigenvalue weighted by Gasteiger charge is -2.40. The van der Waals surface area contributed by atoms with Gasteiger partial charge in [-0.1, -0.05) is 44.2 Å². The maximum Gasteiger partial charge on any atom is 0.311 e. The molecule has 1 saturated heterocycles. The van der Waals surface area contributed by atoms with E-state index in [-0.39, 0.29) is 31.3 Å². The number of carbonyl (C=O) groups is 4. The van der Waals surface area contributed by atoms with Gasteiger partial charge < -0.3 is 29.0 Å². The molecule has 2 aromatic rings. The van der Waals surface area contributed by atoms with Crippen LogP contribution in [0.5, 0.6) is 5.75 Å². The summed E-state index contributed by atoms with van der Waals surface area (Å²) < 4.78 is 42.6. The van der Waals surface area contributed by atoms with Gasteiger partial charge in [0.15, 0.2) is 0 Å². The van der Waals surface area contributed by atoms with E-state index < -0.39 is 58.1 Å². The van der Waals surface area contributed by atoms with Gasteiger partial charge in [-0.25, -0.2) is 12.7 Å². The predicted molar refractivity (Wildman–Crippen MR) is 138 cm³/mol. The van der Waals surface area contributed by atoms with Crippen LogP contribution in [0.1, 0.15) is 19.4 Å². The molecule has 0 bridgehead atoms. The standard InChI is InChI=1S/C27H32N2O10S/c1-18(2)14-28(40(35,36)22-11-9-21(37-3)10-12-22)26(32)25(31)24(30)23(13-19-7-5-4-6-8-19)29(27(33)34)20-15-38-17-39-16-20/h4-12,18,20,23H,13-17H2,1-3H3,(H,33,34)/p-1/t23-/m1/s1. The number of rotatable bonds is 12. The van der Waals surface area contributed by atoms with Crippen molar-refractivity contribution < 1.29 is 46.9 Å². The van der Waals surface area contributed by atoms with Crippen molar-refractivity contribution in [2.75, 3.05) is 33.7 Å². The molecule has 0 saturated carbocycles. The Morgan fingerprint density at radius 2 is 1.60 bits per heavy atom. The minimum atomic E-state index is -4.57. The lowest BCUT2D eigenvalue weighted by Crippen LogP contribution is -2.61. The van der Waals surface area contributed by atoms with Crippen molar-refractivity contribution in [1.82, 2.24) is 9.21 Å². The number of amides is 2. The summed E-state index contributed by atoms with van der Waals surface area (Å²) >= 11 is 0. The van der Waals surface area contributed by atoms with Crippen molar-refractivity contribution in [2.45, 2.75) is 37.2 Å². The molecule has 0 aromatic heterocycles. The maximum absolute atomic E-state index is 13.6. The van der Waals surface area contributed by atoms with E-state index in [1.165, 1.54) is 31.4 Å². The van der Waals surface area contributed by atoms with Gasteiger partial charge in [0.05, 0.1) is 31.3 Å². The quantitative estimate of drug-likeness (QED) is 0.259. The Labute approximate surface area is 232 Å². The molecule has 0 radical (unpaired) electrons. The predicted octanol–water partition coefficient (Wildman–Crippen LogP) is 0.636. The van der Waals surface area contributed by atoms with Crippen LogP contribution in [0.4, 0.5) is 4.79 Å². The van der Waals surface area contributed by atoms with E-state index in [0.717, 1.165) is 0 Å². The van der Waals surface area contributed by atoms with Crippen LogP contribution in [0, 0.1) is 5.92 Å². The Hall–Kier alpha value is -3.81. The van der Waals surface area contributed by atoms with Gasteiger partial charge in [0.25, 0.3) is 15.8 Å². The molecule has 1 fully saturated rings. The Bertz CT molecular complexity index is 1310. The van der Waals surface area contributed by atoms with Crippen LogP contribution in [-0.4, -0.2) is 86.9 Å². The first kappa shape index (κ1) is 30.7. The van der Waals surface area contributed by atoms with E-state index in [0.29, 0.717) is 20.5 Å². The Morgan fingerprint density at radius 3 is 2.12 bits per heavy atom. The van der Waals surface area contributed by atoms with Crippen LogP contribution < -0.4 is 9.84 Å². The number of Topliss-reactive ketones (excluding diaryl/α,β-unsaturated/α-hetero) is 2. The number of hydrogen-bond acceptors (Lipinski definition) is 10. The number of carboxylic acid groups (broad SMARTS) is 1. The van der Waals surface area contributed by atoms with Gasteiger partial charge in [-0.3, -0.25) is 14.4 Å². The van der Waals surface area contributed by atoms with Crippen molar-refractivity contribution in [3.8, 4) is 5.75 Å². The van der Waals surface area contributed by atoms with Crippen LogP contribution in [-0.2, 0) is 40.3 Å². The molecule has 3 rings (SSSR count). The topological polar surface area (TPSA) is 160 Å². The highest BCUT2D eigenvalue weighted by Crippen LogP contribution is 2.22. The second kappa shape index (κ2) is 13.5. The molecule has 40 heavy (non-hydrogen) atoms. The number of ether oxygens (including phenoxy) is 3. The highest BCUT2D eigenvalue weighted by molar-refractivity contribution is 7.89. The smallest absolute Gasteiger partial charge is 0.311 e. The molecule has 216 valence electrons. The van der Waals surface area contributed by atoms with Gasteiger partial charge in [0.2, 0.25) is 5.78 Å². The normalized spacial score (nSPS) is 14.8. The molecule has 12 nitrogen and oxygen atoms in total. The zero-order chi connectivity index (χ0) is 29.4. The second-order valence-corrected chi connectivity index (χ2v) is 11.4. The zero-order valence-corrected chi connectivity index (χ0v) is 23.2. The Kier molecular flexibility index (Phi) is 10.4. The van der Waals surface area contributed by atoms with Crippen LogP contribution >= 0.6 is 0 Å². The molecule has 1 aliphatic rings. The molecule has 1 aliphatic heterocycles. The fourth-order valence-electron chi connectivity index (χ4n) is 4.19. The lowest BCUT2D eigenvalue weighted by molar-refractivity contribution is -0.275. The number of ketones is 2. The summed E-state index contributed by atoms with van der Waals surface area (Å²) in [6.45, 7) is 2.51. The average molecular weight is 576 g/mol. The molecule has 2 aromatic carbocycles. The molecule has 0 N–H and O–H groups in total. The molecule has 0 spiro atoms. The average Bonchev–Trinajstić information content (AvgIpc) is 2.95. The van der Waals surface area contributed by atoms with Crippen LogP contribution in [0.3, 0.4) is 0 Å². The third kappa shape index (κ3) is 7.23. The minimum Gasteiger partial charge on any atom is -0.530 e.